The molecule has 1 unspecified atom stereocenters. The van der Waals surface area contributed by atoms with Gasteiger partial charge in [-0.2, -0.15) is 5.10 Å². The molecule has 26 heavy (non-hydrogen) atoms. The second-order valence-corrected chi connectivity index (χ2v) is 7.30. The predicted molar refractivity (Wildman–Crippen MR) is 102 cm³/mol. The molecule has 2 aromatic rings. The Labute approximate surface area is 154 Å². The summed E-state index contributed by atoms with van der Waals surface area (Å²) in [5, 5.41) is 14.0. The lowest BCUT2D eigenvalue weighted by Gasteiger charge is -2.33. The molecule has 2 saturated heterocycles. The smallest absolute Gasteiger partial charge is 0.134 e. The predicted octanol–water partition coefficient (Wildman–Crippen LogP) is 2.04. The Hall–Kier alpha value is -2.15. The molecule has 1 atom stereocenters. The first-order valence-electron chi connectivity index (χ1n) is 9.75. The average molecular weight is 356 g/mol. The minimum Gasteiger partial charge on any atom is -0.394 e. The fraction of sp³-hybridized carbons (Fsp3) is 0.632. The number of rotatable bonds is 5. The number of hydrogen-bond donors (Lipinski definition) is 1. The first-order chi connectivity index (χ1) is 12.8. The van der Waals surface area contributed by atoms with Crippen LogP contribution in [0.25, 0.3) is 0 Å². The fourth-order valence-electron chi connectivity index (χ4n) is 4.20. The summed E-state index contributed by atoms with van der Waals surface area (Å²) in [5.41, 5.74) is 1.36. The molecule has 1 N–H and O–H groups in total. The highest BCUT2D eigenvalue weighted by atomic mass is 16.3. The quantitative estimate of drug-likeness (QED) is 0.884. The van der Waals surface area contributed by atoms with Crippen molar-refractivity contribution in [1.82, 2.24) is 19.7 Å². The Bertz CT molecular complexity index is 724. The summed E-state index contributed by atoms with van der Waals surface area (Å²) >= 11 is 0. The van der Waals surface area contributed by atoms with Crippen LogP contribution in [0.5, 0.6) is 0 Å². The number of aliphatic hydroxyl groups excluding tert-OH is 1. The van der Waals surface area contributed by atoms with Crippen LogP contribution in [0.3, 0.4) is 0 Å². The number of piperidine rings is 1. The van der Waals surface area contributed by atoms with Gasteiger partial charge in [0.2, 0.25) is 0 Å². The molecule has 2 aliphatic heterocycles. The van der Waals surface area contributed by atoms with Gasteiger partial charge in [0.1, 0.15) is 18.0 Å². The van der Waals surface area contributed by atoms with Gasteiger partial charge < -0.3 is 14.9 Å². The summed E-state index contributed by atoms with van der Waals surface area (Å²) in [4.78, 5) is 13.5. The number of aryl methyl sites for hydroxylation is 1. The lowest BCUT2D eigenvalue weighted by Crippen LogP contribution is -2.35. The molecule has 0 aromatic carbocycles. The van der Waals surface area contributed by atoms with Gasteiger partial charge in [0.05, 0.1) is 18.8 Å². The lowest BCUT2D eigenvalue weighted by molar-refractivity contribution is 0.266. The molecule has 4 rings (SSSR count). The number of anilines is 2. The van der Waals surface area contributed by atoms with E-state index in [1.807, 2.05) is 10.9 Å². The zero-order valence-corrected chi connectivity index (χ0v) is 15.5. The van der Waals surface area contributed by atoms with Gasteiger partial charge >= 0.3 is 0 Å². The number of aromatic nitrogens is 4. The molecule has 0 bridgehead atoms. The van der Waals surface area contributed by atoms with Gasteiger partial charge in [0.25, 0.3) is 0 Å². The molecule has 0 aliphatic carbocycles. The van der Waals surface area contributed by atoms with Crippen LogP contribution in [-0.2, 0) is 6.54 Å². The number of nitrogens with zero attached hydrogens (tertiary/aromatic N) is 6. The van der Waals surface area contributed by atoms with Crippen LogP contribution >= 0.6 is 0 Å². The molecule has 7 nitrogen and oxygen atoms in total. The Kier molecular flexibility index (Phi) is 5.06. The van der Waals surface area contributed by atoms with Gasteiger partial charge in [-0.3, -0.25) is 4.68 Å². The van der Waals surface area contributed by atoms with E-state index in [-0.39, 0.29) is 12.6 Å². The van der Waals surface area contributed by atoms with Crippen molar-refractivity contribution < 1.29 is 5.11 Å². The van der Waals surface area contributed by atoms with Crippen molar-refractivity contribution >= 4 is 11.6 Å². The topological polar surface area (TPSA) is 70.3 Å². The monoisotopic (exact) mass is 356 g/mol. The van der Waals surface area contributed by atoms with E-state index < -0.39 is 0 Å². The van der Waals surface area contributed by atoms with Gasteiger partial charge in [-0.05, 0) is 44.1 Å². The average Bonchev–Trinajstić information content (AvgIpc) is 3.37. The summed E-state index contributed by atoms with van der Waals surface area (Å²) in [6, 6.07) is 2.28. The van der Waals surface area contributed by atoms with Crippen LogP contribution in [0.2, 0.25) is 0 Å². The number of aliphatic hydroxyl groups is 1. The Morgan fingerprint density at radius 2 is 1.92 bits per heavy atom. The third kappa shape index (κ3) is 3.40. The highest BCUT2D eigenvalue weighted by Gasteiger charge is 2.27. The molecule has 2 aliphatic rings. The van der Waals surface area contributed by atoms with Crippen molar-refractivity contribution in [3.05, 3.63) is 30.4 Å². The zero-order valence-electron chi connectivity index (χ0n) is 15.5. The van der Waals surface area contributed by atoms with Crippen LogP contribution in [0.1, 0.15) is 44.1 Å². The highest BCUT2D eigenvalue weighted by Crippen LogP contribution is 2.31. The van der Waals surface area contributed by atoms with E-state index in [0.29, 0.717) is 5.92 Å². The number of hydrogen-bond acceptors (Lipinski definition) is 6. The van der Waals surface area contributed by atoms with Crippen molar-refractivity contribution in [2.75, 3.05) is 36.0 Å². The second-order valence-electron chi connectivity index (χ2n) is 7.30. The Morgan fingerprint density at radius 3 is 2.65 bits per heavy atom. The maximum absolute atomic E-state index is 9.57. The Balaban J connectivity index is 1.42. The summed E-state index contributed by atoms with van der Waals surface area (Å²) in [5.74, 6) is 2.53. The van der Waals surface area contributed by atoms with E-state index in [2.05, 4.69) is 44.1 Å². The minimum atomic E-state index is 0.191. The molecule has 0 saturated carbocycles. The van der Waals surface area contributed by atoms with E-state index in [1.54, 1.807) is 6.33 Å². The summed E-state index contributed by atoms with van der Waals surface area (Å²) in [7, 11) is 0. The van der Waals surface area contributed by atoms with Crippen LogP contribution in [0.15, 0.2) is 24.8 Å². The van der Waals surface area contributed by atoms with E-state index in [0.717, 1.165) is 63.5 Å². The molecule has 140 valence electrons. The molecule has 7 heteroatoms. The van der Waals surface area contributed by atoms with E-state index in [9.17, 15) is 5.11 Å². The molecule has 2 aromatic heterocycles. The van der Waals surface area contributed by atoms with Crippen LogP contribution in [-0.4, -0.2) is 57.1 Å². The largest absolute Gasteiger partial charge is 0.394 e. The molecule has 2 fully saturated rings. The third-order valence-electron chi connectivity index (χ3n) is 5.79. The molecule has 0 radical (unpaired) electrons. The molecule has 0 amide bonds. The van der Waals surface area contributed by atoms with Crippen molar-refractivity contribution in [2.24, 2.45) is 0 Å². The standard InChI is InChI=1S/C19H28N6O/c1-2-24-12-16(11-22-24)15-5-8-23(9-6-15)18-10-19(21-14-20-18)25-7-3-4-17(25)13-26/h10-12,14-15,17,26H,2-9,13H2,1H3. The summed E-state index contributed by atoms with van der Waals surface area (Å²) in [6.45, 7) is 6.20. The highest BCUT2D eigenvalue weighted by molar-refractivity contribution is 5.51. The first-order valence-corrected chi connectivity index (χ1v) is 9.75. The van der Waals surface area contributed by atoms with Gasteiger partial charge in [-0.1, -0.05) is 0 Å². The molecular weight excluding hydrogens is 328 g/mol. The van der Waals surface area contributed by atoms with Crippen molar-refractivity contribution in [3.8, 4) is 0 Å². The summed E-state index contributed by atoms with van der Waals surface area (Å²) < 4.78 is 2.01. The van der Waals surface area contributed by atoms with Crippen LogP contribution in [0, 0.1) is 0 Å². The van der Waals surface area contributed by atoms with Gasteiger partial charge in [-0.25, -0.2) is 9.97 Å². The van der Waals surface area contributed by atoms with E-state index in [1.165, 1.54) is 5.56 Å². The van der Waals surface area contributed by atoms with Crippen molar-refractivity contribution in [1.29, 1.82) is 0 Å². The maximum atomic E-state index is 9.57. The molecular formula is C19H28N6O. The van der Waals surface area contributed by atoms with Crippen LogP contribution in [0.4, 0.5) is 11.6 Å². The van der Waals surface area contributed by atoms with Crippen molar-refractivity contribution in [2.45, 2.75) is 51.1 Å². The SMILES string of the molecule is CCn1cc(C2CCN(c3cc(N4CCCC4CO)ncn3)CC2)cn1. The van der Waals surface area contributed by atoms with E-state index >= 15 is 0 Å². The first kappa shape index (κ1) is 17.3. The maximum Gasteiger partial charge on any atom is 0.134 e. The van der Waals surface area contributed by atoms with Gasteiger partial charge in [0.15, 0.2) is 0 Å². The second kappa shape index (κ2) is 7.61. The molecule has 0 spiro atoms. The Morgan fingerprint density at radius 1 is 1.12 bits per heavy atom. The summed E-state index contributed by atoms with van der Waals surface area (Å²) in [6.07, 6.45) is 10.3. The van der Waals surface area contributed by atoms with Crippen molar-refractivity contribution in [3.63, 3.8) is 0 Å². The third-order valence-corrected chi connectivity index (χ3v) is 5.79. The lowest BCUT2D eigenvalue weighted by atomic mass is 9.91. The fourth-order valence-corrected chi connectivity index (χ4v) is 4.20. The molecule has 4 heterocycles. The van der Waals surface area contributed by atoms with Gasteiger partial charge in [0, 0.05) is 38.4 Å². The minimum absolute atomic E-state index is 0.191. The van der Waals surface area contributed by atoms with E-state index in [4.69, 9.17) is 0 Å². The zero-order chi connectivity index (χ0) is 17.9. The normalized spacial score (nSPS) is 21.5. The van der Waals surface area contributed by atoms with Crippen LogP contribution < -0.4 is 9.80 Å². The van der Waals surface area contributed by atoms with Gasteiger partial charge in [-0.15, -0.1) is 0 Å².